The lowest BCUT2D eigenvalue weighted by atomic mass is 9.70. The molecule has 1 atom stereocenters. The van der Waals surface area contributed by atoms with Gasteiger partial charge in [-0.25, -0.2) is 0 Å². The number of rotatable bonds is 11. The van der Waals surface area contributed by atoms with Crippen LogP contribution in [0.25, 0.3) is 0 Å². The standard InChI is InChI=1S/C17H35NO2/c1-7-10-11-12-13-14-17(8-2,9-3)15(16(19)20)18(4,5)6/h15H,7-14H2,1-6H3. The first-order chi connectivity index (χ1) is 9.25. The van der Waals surface area contributed by atoms with E-state index in [2.05, 4.69) is 20.8 Å². The Labute approximate surface area is 126 Å². The van der Waals surface area contributed by atoms with E-state index in [4.69, 9.17) is 0 Å². The van der Waals surface area contributed by atoms with E-state index in [1.54, 1.807) is 0 Å². The Kier molecular flexibility index (Phi) is 8.41. The van der Waals surface area contributed by atoms with Gasteiger partial charge in [0, 0.05) is 5.41 Å². The summed E-state index contributed by atoms with van der Waals surface area (Å²) in [5.41, 5.74) is -0.136. The number of carboxylic acid groups (broad SMARTS) is 1. The van der Waals surface area contributed by atoms with E-state index in [0.717, 1.165) is 25.7 Å². The monoisotopic (exact) mass is 285 g/mol. The van der Waals surface area contributed by atoms with Gasteiger partial charge < -0.3 is 14.4 Å². The third-order valence-corrected chi connectivity index (χ3v) is 4.76. The maximum atomic E-state index is 11.7. The largest absolute Gasteiger partial charge is 0.544 e. The molecule has 0 saturated heterocycles. The fraction of sp³-hybridized carbons (Fsp3) is 0.941. The minimum Gasteiger partial charge on any atom is -0.544 e. The van der Waals surface area contributed by atoms with Crippen LogP contribution in [0.5, 0.6) is 0 Å². The molecule has 3 heteroatoms. The van der Waals surface area contributed by atoms with Crippen LogP contribution >= 0.6 is 0 Å². The Morgan fingerprint density at radius 1 is 1.00 bits per heavy atom. The van der Waals surface area contributed by atoms with E-state index >= 15 is 0 Å². The zero-order valence-electron chi connectivity index (χ0n) is 14.5. The van der Waals surface area contributed by atoms with Crippen LogP contribution in [0.15, 0.2) is 0 Å². The third-order valence-electron chi connectivity index (χ3n) is 4.76. The quantitative estimate of drug-likeness (QED) is 0.432. The Morgan fingerprint density at radius 2 is 1.50 bits per heavy atom. The van der Waals surface area contributed by atoms with Crippen molar-refractivity contribution in [3.63, 3.8) is 0 Å². The molecule has 0 spiro atoms. The van der Waals surface area contributed by atoms with E-state index in [9.17, 15) is 9.90 Å². The van der Waals surface area contributed by atoms with Gasteiger partial charge in [0.2, 0.25) is 0 Å². The van der Waals surface area contributed by atoms with Crippen LogP contribution in [0.4, 0.5) is 0 Å². The van der Waals surface area contributed by atoms with Crippen LogP contribution in [0.1, 0.15) is 72.1 Å². The van der Waals surface area contributed by atoms with Crippen LogP contribution < -0.4 is 5.11 Å². The lowest BCUT2D eigenvalue weighted by molar-refractivity contribution is -0.897. The Morgan fingerprint density at radius 3 is 1.85 bits per heavy atom. The molecule has 120 valence electrons. The Balaban J connectivity index is 4.91. The third kappa shape index (κ3) is 5.43. The van der Waals surface area contributed by atoms with E-state index < -0.39 is 12.0 Å². The van der Waals surface area contributed by atoms with Crippen LogP contribution in [0.3, 0.4) is 0 Å². The molecule has 1 unspecified atom stereocenters. The van der Waals surface area contributed by atoms with Gasteiger partial charge in [0.1, 0.15) is 6.04 Å². The number of carboxylic acids is 1. The molecule has 3 nitrogen and oxygen atoms in total. The fourth-order valence-electron chi connectivity index (χ4n) is 3.60. The number of quaternary nitrogens is 1. The number of carbonyl (C=O) groups excluding carboxylic acids is 1. The normalized spacial score (nSPS) is 14.3. The van der Waals surface area contributed by atoms with E-state index in [-0.39, 0.29) is 5.41 Å². The van der Waals surface area contributed by atoms with E-state index in [0.29, 0.717) is 4.48 Å². The topological polar surface area (TPSA) is 40.1 Å². The van der Waals surface area contributed by atoms with Gasteiger partial charge in [0.25, 0.3) is 0 Å². The molecule has 0 aromatic rings. The summed E-state index contributed by atoms with van der Waals surface area (Å²) in [5, 5.41) is 11.7. The zero-order valence-corrected chi connectivity index (χ0v) is 14.5. The summed E-state index contributed by atoms with van der Waals surface area (Å²) in [6.45, 7) is 6.47. The molecule has 20 heavy (non-hydrogen) atoms. The number of carbonyl (C=O) groups is 1. The van der Waals surface area contributed by atoms with Crippen molar-refractivity contribution in [2.75, 3.05) is 21.1 Å². The second-order valence-electron chi connectivity index (χ2n) is 7.07. The average molecular weight is 285 g/mol. The lowest BCUT2D eigenvalue weighted by Gasteiger charge is -2.47. The highest BCUT2D eigenvalue weighted by Crippen LogP contribution is 2.40. The number of likely N-dealkylation sites (N-methyl/N-ethyl adjacent to an activating group) is 1. The molecule has 0 amide bonds. The second kappa shape index (κ2) is 8.66. The molecule has 0 N–H and O–H groups in total. The van der Waals surface area contributed by atoms with Crippen molar-refractivity contribution in [1.29, 1.82) is 0 Å². The molecule has 0 heterocycles. The molecule has 0 fully saturated rings. The maximum absolute atomic E-state index is 11.7. The summed E-state index contributed by atoms with van der Waals surface area (Å²) in [4.78, 5) is 11.7. The smallest absolute Gasteiger partial charge is 0.134 e. The first kappa shape index (κ1) is 19.4. The summed E-state index contributed by atoms with van der Waals surface area (Å²) in [7, 11) is 5.91. The van der Waals surface area contributed by atoms with Gasteiger partial charge in [-0.3, -0.25) is 0 Å². The highest BCUT2D eigenvalue weighted by molar-refractivity contribution is 5.71. The lowest BCUT2D eigenvalue weighted by Crippen LogP contribution is -2.62. The molecular weight excluding hydrogens is 250 g/mol. The Bertz CT molecular complexity index is 277. The van der Waals surface area contributed by atoms with Gasteiger partial charge >= 0.3 is 0 Å². The van der Waals surface area contributed by atoms with Crippen molar-refractivity contribution in [1.82, 2.24) is 0 Å². The Hall–Kier alpha value is -0.570. The average Bonchev–Trinajstić information content (AvgIpc) is 2.34. The van der Waals surface area contributed by atoms with E-state index in [1.165, 1.54) is 25.7 Å². The summed E-state index contributed by atoms with van der Waals surface area (Å²) in [6, 6.07) is -0.427. The van der Waals surface area contributed by atoms with Gasteiger partial charge in [-0.15, -0.1) is 0 Å². The SMILES string of the molecule is CCCCCCCC(CC)(CC)C(C(=O)[O-])[N+](C)(C)C. The van der Waals surface area contributed by atoms with Gasteiger partial charge in [-0.2, -0.15) is 0 Å². The molecular formula is C17H35NO2. The molecule has 0 aromatic heterocycles. The molecule has 0 rings (SSSR count). The van der Waals surface area contributed by atoms with Crippen molar-refractivity contribution < 1.29 is 14.4 Å². The first-order valence-electron chi connectivity index (χ1n) is 8.27. The van der Waals surface area contributed by atoms with Crippen molar-refractivity contribution in [2.24, 2.45) is 5.41 Å². The predicted octanol–water partition coefficient (Wildman–Crippen LogP) is 2.98. The van der Waals surface area contributed by atoms with Gasteiger partial charge in [0.15, 0.2) is 0 Å². The summed E-state index contributed by atoms with van der Waals surface area (Å²) >= 11 is 0. The second-order valence-corrected chi connectivity index (χ2v) is 7.07. The summed E-state index contributed by atoms with van der Waals surface area (Å²) < 4.78 is 0.443. The van der Waals surface area contributed by atoms with Crippen LogP contribution in [0, 0.1) is 5.41 Å². The van der Waals surface area contributed by atoms with Crippen molar-refractivity contribution in [3.8, 4) is 0 Å². The zero-order chi connectivity index (χ0) is 15.8. The maximum Gasteiger partial charge on any atom is 0.134 e. The minimum absolute atomic E-state index is 0.136. The van der Waals surface area contributed by atoms with Crippen LogP contribution in [0.2, 0.25) is 0 Å². The minimum atomic E-state index is -0.894. The highest BCUT2D eigenvalue weighted by Gasteiger charge is 2.44. The van der Waals surface area contributed by atoms with Crippen LogP contribution in [-0.2, 0) is 4.79 Å². The fourth-order valence-corrected chi connectivity index (χ4v) is 3.60. The molecule has 0 aliphatic rings. The molecule has 0 aliphatic heterocycles. The van der Waals surface area contributed by atoms with E-state index in [1.807, 2.05) is 21.1 Å². The predicted molar refractivity (Wildman–Crippen MR) is 83.2 cm³/mol. The highest BCUT2D eigenvalue weighted by atomic mass is 16.4. The van der Waals surface area contributed by atoms with Crippen molar-refractivity contribution in [2.45, 2.75) is 78.2 Å². The number of aliphatic carboxylic acids is 1. The molecule has 0 saturated carbocycles. The molecule has 0 aromatic carbocycles. The van der Waals surface area contributed by atoms with Gasteiger partial charge in [-0.05, 0) is 19.3 Å². The number of hydrogen-bond acceptors (Lipinski definition) is 2. The summed E-state index contributed by atoms with van der Waals surface area (Å²) in [6.07, 6.45) is 8.95. The molecule has 0 bridgehead atoms. The first-order valence-corrected chi connectivity index (χ1v) is 8.27. The number of unbranched alkanes of at least 4 members (excludes halogenated alkanes) is 4. The van der Waals surface area contributed by atoms with Crippen molar-refractivity contribution >= 4 is 5.97 Å². The molecule has 0 aliphatic carbocycles. The number of hydrogen-bond donors (Lipinski definition) is 0. The van der Waals surface area contributed by atoms with Crippen molar-refractivity contribution in [3.05, 3.63) is 0 Å². The van der Waals surface area contributed by atoms with Gasteiger partial charge in [-0.1, -0.05) is 52.9 Å². The number of nitrogens with zero attached hydrogens (tertiary/aromatic N) is 1. The van der Waals surface area contributed by atoms with Gasteiger partial charge in [0.05, 0.1) is 27.1 Å². The summed E-state index contributed by atoms with van der Waals surface area (Å²) in [5.74, 6) is -0.894. The van der Waals surface area contributed by atoms with Crippen LogP contribution in [-0.4, -0.2) is 37.6 Å². The molecule has 0 radical (unpaired) electrons.